The maximum Gasteiger partial charge on any atom is 0.416 e. The molecule has 7 heteroatoms. The van der Waals surface area contributed by atoms with E-state index in [1.165, 1.54) is 18.3 Å². The summed E-state index contributed by atoms with van der Waals surface area (Å²) in [5, 5.41) is 8.58. The van der Waals surface area contributed by atoms with Crippen LogP contribution in [0, 0.1) is 0 Å². The summed E-state index contributed by atoms with van der Waals surface area (Å²) >= 11 is 0. The van der Waals surface area contributed by atoms with Gasteiger partial charge in [0.1, 0.15) is 12.2 Å². The second-order valence-corrected chi connectivity index (χ2v) is 4.16. The monoisotopic (exact) mass is 285 g/mol. The minimum Gasteiger partial charge on any atom is -0.481 e. The number of carbonyl (C=O) groups is 1. The molecule has 0 atom stereocenters. The SMILES string of the molecule is O=C(O)Cc1cnc(Cc2ccc(C(F)(F)F)cc2)o1. The molecule has 106 valence electrons. The van der Waals surface area contributed by atoms with E-state index in [9.17, 15) is 18.0 Å². The number of carboxylic acid groups (broad SMARTS) is 1. The second kappa shape index (κ2) is 5.36. The van der Waals surface area contributed by atoms with Crippen LogP contribution in [0.2, 0.25) is 0 Å². The Labute approximate surface area is 111 Å². The lowest BCUT2D eigenvalue weighted by atomic mass is 10.1. The first-order chi connectivity index (χ1) is 9.34. The number of rotatable bonds is 4. The Hall–Kier alpha value is -2.31. The fourth-order valence-corrected chi connectivity index (χ4v) is 1.65. The van der Waals surface area contributed by atoms with Crippen LogP contribution in [0.5, 0.6) is 0 Å². The average Bonchev–Trinajstić information content (AvgIpc) is 2.75. The van der Waals surface area contributed by atoms with Crippen molar-refractivity contribution < 1.29 is 27.5 Å². The van der Waals surface area contributed by atoms with Crippen molar-refractivity contribution >= 4 is 5.97 Å². The second-order valence-electron chi connectivity index (χ2n) is 4.16. The Morgan fingerprint density at radius 3 is 2.45 bits per heavy atom. The van der Waals surface area contributed by atoms with Gasteiger partial charge in [0.15, 0.2) is 5.89 Å². The Kier molecular flexibility index (Phi) is 3.78. The van der Waals surface area contributed by atoms with Gasteiger partial charge < -0.3 is 9.52 Å². The number of halogens is 3. The summed E-state index contributed by atoms with van der Waals surface area (Å²) in [4.78, 5) is 14.4. The van der Waals surface area contributed by atoms with Crippen LogP contribution in [0.25, 0.3) is 0 Å². The predicted molar refractivity (Wildman–Crippen MR) is 62.1 cm³/mol. The van der Waals surface area contributed by atoms with Gasteiger partial charge in [0.25, 0.3) is 0 Å². The van der Waals surface area contributed by atoms with Crippen molar-refractivity contribution in [2.75, 3.05) is 0 Å². The first-order valence-electron chi connectivity index (χ1n) is 5.66. The van der Waals surface area contributed by atoms with Gasteiger partial charge in [-0.25, -0.2) is 4.98 Å². The van der Waals surface area contributed by atoms with E-state index in [1.807, 2.05) is 0 Å². The molecule has 4 nitrogen and oxygen atoms in total. The number of nitrogens with zero attached hydrogens (tertiary/aromatic N) is 1. The first-order valence-corrected chi connectivity index (χ1v) is 5.66. The van der Waals surface area contributed by atoms with E-state index in [4.69, 9.17) is 9.52 Å². The van der Waals surface area contributed by atoms with Crippen molar-refractivity contribution in [1.82, 2.24) is 4.98 Å². The van der Waals surface area contributed by atoms with Crippen LogP contribution in [0.3, 0.4) is 0 Å². The van der Waals surface area contributed by atoms with Gasteiger partial charge in [0.05, 0.1) is 11.8 Å². The summed E-state index contributed by atoms with van der Waals surface area (Å²) in [6.45, 7) is 0. The van der Waals surface area contributed by atoms with Crippen LogP contribution in [0.15, 0.2) is 34.9 Å². The van der Waals surface area contributed by atoms with E-state index in [-0.39, 0.29) is 24.5 Å². The van der Waals surface area contributed by atoms with Gasteiger partial charge in [-0.1, -0.05) is 12.1 Å². The number of benzene rings is 1. The summed E-state index contributed by atoms with van der Waals surface area (Å²) in [6, 6.07) is 4.64. The molecule has 1 N–H and O–H groups in total. The van der Waals surface area contributed by atoms with Crippen LogP contribution < -0.4 is 0 Å². The van der Waals surface area contributed by atoms with Gasteiger partial charge in [-0.3, -0.25) is 4.79 Å². The van der Waals surface area contributed by atoms with Gasteiger partial charge in [-0.15, -0.1) is 0 Å². The fraction of sp³-hybridized carbons (Fsp3) is 0.231. The van der Waals surface area contributed by atoms with Crippen molar-refractivity contribution in [3.05, 3.63) is 53.2 Å². The molecular weight excluding hydrogens is 275 g/mol. The maximum atomic E-state index is 12.4. The standard InChI is InChI=1S/C13H10F3NO3/c14-13(15,16)9-3-1-8(2-4-9)5-11-17-7-10(20-11)6-12(18)19/h1-4,7H,5-6H2,(H,18,19). The zero-order valence-electron chi connectivity index (χ0n) is 10.1. The van der Waals surface area contributed by atoms with Crippen LogP contribution in [0.1, 0.15) is 22.8 Å². The number of carboxylic acids is 1. The van der Waals surface area contributed by atoms with E-state index in [0.29, 0.717) is 5.56 Å². The van der Waals surface area contributed by atoms with E-state index in [0.717, 1.165) is 12.1 Å². The van der Waals surface area contributed by atoms with Crippen molar-refractivity contribution in [1.29, 1.82) is 0 Å². The van der Waals surface area contributed by atoms with Gasteiger partial charge in [0, 0.05) is 6.42 Å². The Morgan fingerprint density at radius 1 is 1.25 bits per heavy atom. The molecule has 1 heterocycles. The molecule has 0 saturated heterocycles. The highest BCUT2D eigenvalue weighted by atomic mass is 19.4. The first kappa shape index (κ1) is 14.1. The Balaban J connectivity index is 2.06. The number of hydrogen-bond acceptors (Lipinski definition) is 3. The van der Waals surface area contributed by atoms with Crippen molar-refractivity contribution in [3.63, 3.8) is 0 Å². The fourth-order valence-electron chi connectivity index (χ4n) is 1.65. The van der Waals surface area contributed by atoms with Crippen LogP contribution in [-0.2, 0) is 23.8 Å². The number of hydrogen-bond donors (Lipinski definition) is 1. The summed E-state index contributed by atoms with van der Waals surface area (Å²) in [5.74, 6) is -0.567. The summed E-state index contributed by atoms with van der Waals surface area (Å²) < 4.78 is 42.3. The third-order valence-electron chi connectivity index (χ3n) is 2.56. The predicted octanol–water partition coefficient (Wildman–Crippen LogP) is 2.91. The van der Waals surface area contributed by atoms with E-state index in [1.54, 1.807) is 0 Å². The number of alkyl halides is 3. The maximum absolute atomic E-state index is 12.4. The number of aliphatic carboxylic acids is 1. The molecule has 2 rings (SSSR count). The van der Waals surface area contributed by atoms with Crippen LogP contribution >= 0.6 is 0 Å². The zero-order valence-corrected chi connectivity index (χ0v) is 10.1. The summed E-state index contributed by atoms with van der Waals surface area (Å²) in [7, 11) is 0. The lowest BCUT2D eigenvalue weighted by Crippen LogP contribution is -2.04. The van der Waals surface area contributed by atoms with Crippen molar-refractivity contribution in [2.24, 2.45) is 0 Å². The van der Waals surface area contributed by atoms with Crippen molar-refractivity contribution in [3.8, 4) is 0 Å². The smallest absolute Gasteiger partial charge is 0.416 e. The van der Waals surface area contributed by atoms with Crippen LogP contribution in [0.4, 0.5) is 13.2 Å². The van der Waals surface area contributed by atoms with E-state index < -0.39 is 17.7 Å². The quantitative estimate of drug-likeness (QED) is 0.938. The van der Waals surface area contributed by atoms with Gasteiger partial charge in [0.2, 0.25) is 0 Å². The molecule has 0 saturated carbocycles. The van der Waals surface area contributed by atoms with E-state index in [2.05, 4.69) is 4.98 Å². The lowest BCUT2D eigenvalue weighted by molar-refractivity contribution is -0.138. The molecule has 1 aromatic carbocycles. The molecule has 0 aliphatic heterocycles. The largest absolute Gasteiger partial charge is 0.481 e. The van der Waals surface area contributed by atoms with Crippen LogP contribution in [-0.4, -0.2) is 16.1 Å². The molecule has 0 aliphatic carbocycles. The normalized spacial score (nSPS) is 11.6. The molecule has 0 unspecified atom stereocenters. The Bertz CT molecular complexity index is 602. The zero-order chi connectivity index (χ0) is 14.8. The molecule has 0 spiro atoms. The molecule has 1 aromatic heterocycles. The third-order valence-corrected chi connectivity index (χ3v) is 2.56. The highest BCUT2D eigenvalue weighted by Gasteiger charge is 2.29. The highest BCUT2D eigenvalue weighted by Crippen LogP contribution is 2.29. The van der Waals surface area contributed by atoms with Crippen molar-refractivity contribution in [2.45, 2.75) is 19.0 Å². The van der Waals surface area contributed by atoms with Gasteiger partial charge in [-0.2, -0.15) is 13.2 Å². The summed E-state index contributed by atoms with van der Waals surface area (Å²) in [6.07, 6.45) is -3.14. The molecule has 2 aromatic rings. The molecule has 0 amide bonds. The Morgan fingerprint density at radius 2 is 1.90 bits per heavy atom. The highest BCUT2D eigenvalue weighted by molar-refractivity contribution is 5.69. The minimum atomic E-state index is -4.36. The number of aromatic nitrogens is 1. The lowest BCUT2D eigenvalue weighted by Gasteiger charge is -2.06. The van der Waals surface area contributed by atoms with E-state index >= 15 is 0 Å². The minimum absolute atomic E-state index is 0.206. The molecule has 0 fully saturated rings. The molecule has 0 bridgehead atoms. The molecule has 0 aliphatic rings. The third kappa shape index (κ3) is 3.59. The topological polar surface area (TPSA) is 63.3 Å². The molecule has 0 radical (unpaired) electrons. The summed E-state index contributed by atoms with van der Waals surface area (Å²) in [5.41, 5.74) is -0.123. The average molecular weight is 285 g/mol. The van der Waals surface area contributed by atoms with Gasteiger partial charge >= 0.3 is 12.1 Å². The molecular formula is C13H10F3NO3. The molecule has 20 heavy (non-hydrogen) atoms. The number of oxazole rings is 1. The van der Waals surface area contributed by atoms with Gasteiger partial charge in [-0.05, 0) is 17.7 Å².